The average molecular weight is 300 g/mol. The zero-order valence-electron chi connectivity index (χ0n) is 12.5. The number of amides is 1. The van der Waals surface area contributed by atoms with E-state index < -0.39 is 0 Å². The lowest BCUT2D eigenvalue weighted by Gasteiger charge is -2.11. The molecule has 0 radical (unpaired) electrons. The molecule has 1 amide bonds. The fourth-order valence-electron chi connectivity index (χ4n) is 2.61. The van der Waals surface area contributed by atoms with Gasteiger partial charge in [-0.05, 0) is 30.5 Å². The maximum Gasteiger partial charge on any atom is 0.246 e. The van der Waals surface area contributed by atoms with Crippen LogP contribution in [-0.4, -0.2) is 36.8 Å². The summed E-state index contributed by atoms with van der Waals surface area (Å²) in [6.07, 6.45) is 4.01. The van der Waals surface area contributed by atoms with Gasteiger partial charge < -0.3 is 14.8 Å². The van der Waals surface area contributed by atoms with Crippen LogP contribution in [0.15, 0.2) is 36.5 Å². The molecule has 1 atom stereocenters. The van der Waals surface area contributed by atoms with Gasteiger partial charge in [0.2, 0.25) is 5.91 Å². The fraction of sp³-hybridized carbons (Fsp3) is 0.412. The minimum atomic E-state index is -0.112. The number of carbonyl (C=O) groups is 1. The van der Waals surface area contributed by atoms with Gasteiger partial charge in [-0.1, -0.05) is 18.2 Å². The van der Waals surface area contributed by atoms with Crippen molar-refractivity contribution in [3.63, 3.8) is 0 Å². The molecule has 1 N–H and O–H groups in total. The van der Waals surface area contributed by atoms with Gasteiger partial charge in [0.15, 0.2) is 0 Å². The molecule has 0 spiro atoms. The van der Waals surface area contributed by atoms with Gasteiger partial charge in [0.1, 0.15) is 6.61 Å². The van der Waals surface area contributed by atoms with E-state index in [1.54, 1.807) is 6.20 Å². The Bertz CT molecular complexity index is 633. The van der Waals surface area contributed by atoms with Gasteiger partial charge in [-0.15, -0.1) is 0 Å². The fourth-order valence-corrected chi connectivity index (χ4v) is 2.61. The van der Waals surface area contributed by atoms with Gasteiger partial charge in [0.25, 0.3) is 0 Å². The van der Waals surface area contributed by atoms with Crippen molar-refractivity contribution in [3.8, 4) is 0 Å². The highest BCUT2D eigenvalue weighted by atomic mass is 16.5. The Morgan fingerprint density at radius 1 is 1.36 bits per heavy atom. The molecular formula is C17H20N2O3. The third-order valence-corrected chi connectivity index (χ3v) is 3.78. The lowest BCUT2D eigenvalue weighted by Crippen LogP contribution is -2.28. The van der Waals surface area contributed by atoms with Crippen molar-refractivity contribution in [2.75, 3.05) is 19.8 Å². The quantitative estimate of drug-likeness (QED) is 0.887. The van der Waals surface area contributed by atoms with E-state index >= 15 is 0 Å². The van der Waals surface area contributed by atoms with Gasteiger partial charge in [0, 0.05) is 24.7 Å². The zero-order valence-corrected chi connectivity index (χ0v) is 12.5. The van der Waals surface area contributed by atoms with Crippen LogP contribution in [0.4, 0.5) is 0 Å². The SMILES string of the molecule is O=C(COC[C@H]1CCCO1)NCc1ccnc2ccccc12. The number of para-hydroxylation sites is 1. The molecule has 2 aromatic rings. The largest absolute Gasteiger partial charge is 0.376 e. The van der Waals surface area contributed by atoms with E-state index in [2.05, 4.69) is 10.3 Å². The van der Waals surface area contributed by atoms with E-state index in [0.717, 1.165) is 35.9 Å². The summed E-state index contributed by atoms with van der Waals surface area (Å²) < 4.78 is 10.9. The number of ether oxygens (including phenoxy) is 2. The Hall–Kier alpha value is -1.98. The van der Waals surface area contributed by atoms with Crippen LogP contribution in [0, 0.1) is 0 Å². The molecule has 5 nitrogen and oxygen atoms in total. The minimum absolute atomic E-state index is 0.0723. The highest BCUT2D eigenvalue weighted by Gasteiger charge is 2.15. The molecule has 1 aliphatic rings. The molecule has 1 fully saturated rings. The topological polar surface area (TPSA) is 60.5 Å². The molecule has 1 aromatic carbocycles. The van der Waals surface area contributed by atoms with E-state index in [1.165, 1.54) is 0 Å². The van der Waals surface area contributed by atoms with Crippen LogP contribution >= 0.6 is 0 Å². The summed E-state index contributed by atoms with van der Waals surface area (Å²) in [5.41, 5.74) is 1.99. The van der Waals surface area contributed by atoms with Crippen molar-refractivity contribution in [2.45, 2.75) is 25.5 Å². The van der Waals surface area contributed by atoms with Crippen LogP contribution in [0.3, 0.4) is 0 Å². The Morgan fingerprint density at radius 2 is 2.27 bits per heavy atom. The number of fused-ring (bicyclic) bond motifs is 1. The number of nitrogens with one attached hydrogen (secondary N) is 1. The molecule has 0 aliphatic carbocycles. The Labute approximate surface area is 129 Å². The smallest absolute Gasteiger partial charge is 0.246 e. The molecule has 1 aromatic heterocycles. The molecule has 1 aliphatic heterocycles. The maximum atomic E-state index is 11.8. The first-order valence-corrected chi connectivity index (χ1v) is 7.61. The summed E-state index contributed by atoms with van der Waals surface area (Å²) in [5.74, 6) is -0.112. The predicted octanol–water partition coefficient (Wildman–Crippen LogP) is 2.05. The number of nitrogens with zero attached hydrogens (tertiary/aromatic N) is 1. The summed E-state index contributed by atoms with van der Waals surface area (Å²) in [4.78, 5) is 16.1. The molecule has 1 saturated heterocycles. The lowest BCUT2D eigenvalue weighted by molar-refractivity contribution is -0.127. The molecule has 3 rings (SSSR count). The van der Waals surface area contributed by atoms with Gasteiger partial charge in [-0.25, -0.2) is 0 Å². The van der Waals surface area contributed by atoms with E-state index in [0.29, 0.717) is 13.2 Å². The van der Waals surface area contributed by atoms with Gasteiger partial charge in [-0.3, -0.25) is 9.78 Å². The normalized spacial score (nSPS) is 17.7. The van der Waals surface area contributed by atoms with E-state index in [4.69, 9.17) is 9.47 Å². The number of carbonyl (C=O) groups excluding carboxylic acids is 1. The number of benzene rings is 1. The van der Waals surface area contributed by atoms with E-state index in [1.807, 2.05) is 30.3 Å². The van der Waals surface area contributed by atoms with Gasteiger partial charge in [-0.2, -0.15) is 0 Å². The molecule has 0 saturated carbocycles. The Balaban J connectivity index is 1.47. The monoisotopic (exact) mass is 300 g/mol. The van der Waals surface area contributed by atoms with E-state index in [9.17, 15) is 4.79 Å². The number of aromatic nitrogens is 1. The van der Waals surface area contributed by atoms with Crippen molar-refractivity contribution < 1.29 is 14.3 Å². The second-order valence-corrected chi connectivity index (χ2v) is 5.41. The van der Waals surface area contributed by atoms with Gasteiger partial charge in [0.05, 0.1) is 18.2 Å². The van der Waals surface area contributed by atoms with Crippen molar-refractivity contribution in [3.05, 3.63) is 42.1 Å². The highest BCUT2D eigenvalue weighted by molar-refractivity contribution is 5.83. The highest BCUT2D eigenvalue weighted by Crippen LogP contribution is 2.15. The Morgan fingerprint density at radius 3 is 3.14 bits per heavy atom. The number of hydrogen-bond acceptors (Lipinski definition) is 4. The zero-order chi connectivity index (χ0) is 15.2. The molecular weight excluding hydrogens is 280 g/mol. The summed E-state index contributed by atoms with van der Waals surface area (Å²) in [6, 6.07) is 9.83. The molecule has 116 valence electrons. The van der Waals surface area contributed by atoms with Crippen molar-refractivity contribution in [1.82, 2.24) is 10.3 Å². The second-order valence-electron chi connectivity index (χ2n) is 5.41. The van der Waals surface area contributed by atoms with Gasteiger partial charge >= 0.3 is 0 Å². The number of pyridine rings is 1. The van der Waals surface area contributed by atoms with Crippen LogP contribution in [0.5, 0.6) is 0 Å². The van der Waals surface area contributed by atoms with Crippen molar-refractivity contribution >= 4 is 16.8 Å². The first-order valence-electron chi connectivity index (χ1n) is 7.61. The summed E-state index contributed by atoms with van der Waals surface area (Å²) in [7, 11) is 0. The van der Waals surface area contributed by atoms with Crippen LogP contribution in [-0.2, 0) is 20.8 Å². The third kappa shape index (κ3) is 3.81. The molecule has 0 unspecified atom stereocenters. The number of hydrogen-bond donors (Lipinski definition) is 1. The molecule has 0 bridgehead atoms. The van der Waals surface area contributed by atoms with Crippen LogP contribution in [0.1, 0.15) is 18.4 Å². The second kappa shape index (κ2) is 7.33. The lowest BCUT2D eigenvalue weighted by atomic mass is 10.1. The molecule has 22 heavy (non-hydrogen) atoms. The third-order valence-electron chi connectivity index (χ3n) is 3.78. The average Bonchev–Trinajstić information content (AvgIpc) is 3.06. The van der Waals surface area contributed by atoms with Crippen molar-refractivity contribution in [1.29, 1.82) is 0 Å². The molecule has 2 heterocycles. The first-order chi connectivity index (χ1) is 10.8. The minimum Gasteiger partial charge on any atom is -0.376 e. The number of rotatable bonds is 6. The van der Waals surface area contributed by atoms with Crippen LogP contribution in [0.2, 0.25) is 0 Å². The predicted molar refractivity (Wildman–Crippen MR) is 83.4 cm³/mol. The summed E-state index contributed by atoms with van der Waals surface area (Å²) >= 11 is 0. The van der Waals surface area contributed by atoms with Crippen LogP contribution < -0.4 is 5.32 Å². The Kier molecular flexibility index (Phi) is 4.98. The first kappa shape index (κ1) is 14.9. The maximum absolute atomic E-state index is 11.8. The summed E-state index contributed by atoms with van der Waals surface area (Å²) in [5, 5.41) is 3.94. The summed E-state index contributed by atoms with van der Waals surface area (Å²) in [6.45, 7) is 1.84. The van der Waals surface area contributed by atoms with Crippen molar-refractivity contribution in [2.24, 2.45) is 0 Å². The van der Waals surface area contributed by atoms with E-state index in [-0.39, 0.29) is 18.6 Å². The standard InChI is InChI=1S/C17H20N2O3/c20-17(12-21-11-14-4-3-9-22-14)19-10-13-7-8-18-16-6-2-1-5-15(13)16/h1-2,5-8,14H,3-4,9-12H2,(H,19,20)/t14-/m1/s1. The molecule has 5 heteroatoms. The van der Waals surface area contributed by atoms with Crippen LogP contribution in [0.25, 0.3) is 10.9 Å².